The molecule has 0 radical (unpaired) electrons. The third-order valence-corrected chi connectivity index (χ3v) is 4.20. The van der Waals surface area contributed by atoms with Gasteiger partial charge in [-0.25, -0.2) is 9.97 Å². The van der Waals surface area contributed by atoms with E-state index >= 15 is 0 Å². The van der Waals surface area contributed by atoms with Gasteiger partial charge in [0.25, 0.3) is 5.91 Å². The number of methoxy groups -OCH3 is 1. The van der Waals surface area contributed by atoms with Gasteiger partial charge in [0, 0.05) is 18.4 Å². The van der Waals surface area contributed by atoms with Crippen molar-refractivity contribution in [2.24, 2.45) is 0 Å². The molecule has 3 aromatic rings. The van der Waals surface area contributed by atoms with E-state index in [1.54, 1.807) is 18.5 Å². The molecule has 7 nitrogen and oxygen atoms in total. The van der Waals surface area contributed by atoms with Crippen molar-refractivity contribution >= 4 is 22.9 Å². The zero-order valence-corrected chi connectivity index (χ0v) is 13.7. The number of carbonyl (C=O) groups excluding carboxylic acids is 1. The fourth-order valence-corrected chi connectivity index (χ4v) is 2.81. The molecule has 2 aromatic heterocycles. The topological polar surface area (TPSA) is 103 Å². The van der Waals surface area contributed by atoms with Crippen molar-refractivity contribution in [3.05, 3.63) is 53.4 Å². The first-order valence-corrected chi connectivity index (χ1v) is 7.92. The first kappa shape index (κ1) is 15.9. The highest BCUT2D eigenvalue weighted by Gasteiger charge is 2.13. The minimum Gasteiger partial charge on any atom is -0.480 e. The van der Waals surface area contributed by atoms with E-state index in [-0.39, 0.29) is 5.91 Å². The van der Waals surface area contributed by atoms with Gasteiger partial charge in [-0.15, -0.1) is 11.3 Å². The SMILES string of the molecule is COc1cncc(-c2cnc(C(=O)NCc3cccc(N)c3)s2)n1. The van der Waals surface area contributed by atoms with E-state index in [9.17, 15) is 4.79 Å². The first-order valence-electron chi connectivity index (χ1n) is 7.10. The molecule has 0 aliphatic rings. The molecule has 3 N–H and O–H groups in total. The van der Waals surface area contributed by atoms with E-state index in [2.05, 4.69) is 20.3 Å². The number of thiazole rings is 1. The molecule has 0 saturated carbocycles. The number of ether oxygens (including phenoxy) is 1. The predicted molar refractivity (Wildman–Crippen MR) is 91.7 cm³/mol. The molecule has 1 amide bonds. The van der Waals surface area contributed by atoms with Crippen LogP contribution in [0.5, 0.6) is 5.88 Å². The molecule has 0 atom stereocenters. The van der Waals surface area contributed by atoms with Gasteiger partial charge < -0.3 is 15.8 Å². The lowest BCUT2D eigenvalue weighted by Crippen LogP contribution is -2.22. The van der Waals surface area contributed by atoms with Crippen LogP contribution >= 0.6 is 11.3 Å². The van der Waals surface area contributed by atoms with Gasteiger partial charge in [-0.05, 0) is 17.7 Å². The Morgan fingerprint density at radius 1 is 1.33 bits per heavy atom. The Morgan fingerprint density at radius 3 is 3.00 bits per heavy atom. The summed E-state index contributed by atoms with van der Waals surface area (Å²) in [5.41, 5.74) is 7.93. The van der Waals surface area contributed by atoms with Crippen LogP contribution in [-0.4, -0.2) is 28.0 Å². The summed E-state index contributed by atoms with van der Waals surface area (Å²) in [6, 6.07) is 7.36. The van der Waals surface area contributed by atoms with E-state index in [1.807, 2.05) is 18.2 Å². The molecule has 0 aliphatic carbocycles. The molecule has 0 unspecified atom stereocenters. The molecule has 2 heterocycles. The molecule has 122 valence electrons. The second-order valence-corrected chi connectivity index (χ2v) is 5.93. The predicted octanol–water partition coefficient (Wildman–Crippen LogP) is 2.12. The number of rotatable bonds is 5. The number of hydrogen-bond donors (Lipinski definition) is 2. The zero-order chi connectivity index (χ0) is 16.9. The fraction of sp³-hybridized carbons (Fsp3) is 0.125. The third kappa shape index (κ3) is 3.66. The fourth-order valence-electron chi connectivity index (χ4n) is 2.02. The summed E-state index contributed by atoms with van der Waals surface area (Å²) >= 11 is 1.25. The van der Waals surface area contributed by atoms with Gasteiger partial charge in [-0.1, -0.05) is 12.1 Å². The van der Waals surface area contributed by atoms with Crippen LogP contribution in [0.25, 0.3) is 10.6 Å². The van der Waals surface area contributed by atoms with Crippen LogP contribution in [0.3, 0.4) is 0 Å². The Balaban J connectivity index is 1.69. The quantitative estimate of drug-likeness (QED) is 0.689. The van der Waals surface area contributed by atoms with Gasteiger partial charge in [-0.3, -0.25) is 9.78 Å². The maximum absolute atomic E-state index is 12.2. The molecule has 0 bridgehead atoms. The monoisotopic (exact) mass is 341 g/mol. The number of nitrogen functional groups attached to an aromatic ring is 1. The maximum Gasteiger partial charge on any atom is 0.280 e. The van der Waals surface area contributed by atoms with Crippen LogP contribution in [0.15, 0.2) is 42.9 Å². The summed E-state index contributed by atoms with van der Waals surface area (Å²) in [6.07, 6.45) is 4.72. The van der Waals surface area contributed by atoms with E-state index in [0.29, 0.717) is 28.8 Å². The third-order valence-electron chi connectivity index (χ3n) is 3.18. The lowest BCUT2D eigenvalue weighted by molar-refractivity contribution is 0.0950. The van der Waals surface area contributed by atoms with Gasteiger partial charge in [-0.2, -0.15) is 0 Å². The molecule has 0 spiro atoms. The Labute approximate surface area is 142 Å². The Kier molecular flexibility index (Phi) is 4.66. The smallest absolute Gasteiger partial charge is 0.280 e. The van der Waals surface area contributed by atoms with Crippen LogP contribution in [-0.2, 0) is 6.54 Å². The van der Waals surface area contributed by atoms with Crippen molar-refractivity contribution in [2.45, 2.75) is 6.54 Å². The van der Waals surface area contributed by atoms with Crippen LogP contribution in [0.1, 0.15) is 15.4 Å². The number of aromatic nitrogens is 3. The molecule has 0 fully saturated rings. The molecule has 0 saturated heterocycles. The minimum atomic E-state index is -0.246. The van der Waals surface area contributed by atoms with Gasteiger partial charge in [0.05, 0.1) is 24.4 Å². The number of nitrogens with zero attached hydrogens (tertiary/aromatic N) is 3. The van der Waals surface area contributed by atoms with Crippen molar-refractivity contribution in [3.63, 3.8) is 0 Å². The molecule has 24 heavy (non-hydrogen) atoms. The molecular formula is C16H15N5O2S. The number of benzene rings is 1. The van der Waals surface area contributed by atoms with Crippen molar-refractivity contribution in [3.8, 4) is 16.5 Å². The maximum atomic E-state index is 12.2. The van der Waals surface area contributed by atoms with E-state index < -0.39 is 0 Å². The highest BCUT2D eigenvalue weighted by Crippen LogP contribution is 2.25. The van der Waals surface area contributed by atoms with Crippen molar-refractivity contribution < 1.29 is 9.53 Å². The Hall–Kier alpha value is -3.00. The summed E-state index contributed by atoms with van der Waals surface area (Å²) in [6.45, 7) is 0.387. The van der Waals surface area contributed by atoms with E-state index in [1.165, 1.54) is 24.6 Å². The summed E-state index contributed by atoms with van der Waals surface area (Å²) in [4.78, 5) is 25.4. The second kappa shape index (κ2) is 7.05. The zero-order valence-electron chi connectivity index (χ0n) is 12.9. The van der Waals surface area contributed by atoms with Crippen LogP contribution in [0, 0.1) is 0 Å². The molecule has 3 rings (SSSR count). The van der Waals surface area contributed by atoms with Crippen molar-refractivity contribution in [1.82, 2.24) is 20.3 Å². The standard InChI is InChI=1S/C16H15N5O2S/c1-23-14-9-18-7-12(21-14)13-8-20-16(24-13)15(22)19-6-10-3-2-4-11(17)5-10/h2-5,7-9H,6,17H2,1H3,(H,19,22). The van der Waals surface area contributed by atoms with E-state index in [0.717, 1.165) is 10.4 Å². The Bertz CT molecular complexity index is 865. The number of anilines is 1. The number of nitrogens with two attached hydrogens (primary N) is 1. The number of carbonyl (C=O) groups is 1. The molecular weight excluding hydrogens is 326 g/mol. The van der Waals surface area contributed by atoms with Gasteiger partial charge in [0.1, 0.15) is 5.69 Å². The summed E-state index contributed by atoms with van der Waals surface area (Å²) in [7, 11) is 1.52. The lowest BCUT2D eigenvalue weighted by atomic mass is 10.2. The molecule has 1 aromatic carbocycles. The average Bonchev–Trinajstić information content (AvgIpc) is 3.10. The number of amides is 1. The van der Waals surface area contributed by atoms with Gasteiger partial charge in [0.2, 0.25) is 5.88 Å². The Morgan fingerprint density at radius 2 is 2.21 bits per heavy atom. The normalized spacial score (nSPS) is 10.4. The van der Waals surface area contributed by atoms with Crippen molar-refractivity contribution in [1.29, 1.82) is 0 Å². The summed E-state index contributed by atoms with van der Waals surface area (Å²) in [5, 5.41) is 3.18. The summed E-state index contributed by atoms with van der Waals surface area (Å²) in [5.74, 6) is 0.165. The minimum absolute atomic E-state index is 0.246. The van der Waals surface area contributed by atoms with Gasteiger partial charge >= 0.3 is 0 Å². The van der Waals surface area contributed by atoms with E-state index in [4.69, 9.17) is 10.5 Å². The highest BCUT2D eigenvalue weighted by atomic mass is 32.1. The van der Waals surface area contributed by atoms with Crippen LogP contribution in [0.4, 0.5) is 5.69 Å². The average molecular weight is 341 g/mol. The highest BCUT2D eigenvalue weighted by molar-refractivity contribution is 7.16. The van der Waals surface area contributed by atoms with Crippen molar-refractivity contribution in [2.75, 3.05) is 12.8 Å². The van der Waals surface area contributed by atoms with Gasteiger partial charge in [0.15, 0.2) is 5.01 Å². The van der Waals surface area contributed by atoms with Crippen LogP contribution in [0.2, 0.25) is 0 Å². The lowest BCUT2D eigenvalue weighted by Gasteiger charge is -2.04. The summed E-state index contributed by atoms with van der Waals surface area (Å²) < 4.78 is 5.05. The number of hydrogen-bond acceptors (Lipinski definition) is 7. The second-order valence-electron chi connectivity index (χ2n) is 4.90. The molecule has 0 aliphatic heterocycles. The first-order chi connectivity index (χ1) is 11.7. The van der Waals surface area contributed by atoms with Crippen LogP contribution < -0.4 is 15.8 Å². The number of nitrogens with one attached hydrogen (secondary N) is 1. The molecule has 8 heteroatoms. The largest absolute Gasteiger partial charge is 0.480 e.